The number of likely N-dealkylation sites (N-methyl/N-ethyl adjacent to an activating group) is 1. The number of ether oxygens (including phenoxy) is 1. The van der Waals surface area contributed by atoms with Gasteiger partial charge in [-0.05, 0) is 42.5 Å². The molecule has 140 valence electrons. The van der Waals surface area contributed by atoms with Crippen LogP contribution in [-0.2, 0) is 0 Å². The van der Waals surface area contributed by atoms with Crippen LogP contribution in [0.15, 0.2) is 48.5 Å². The molecular formula is C18H21ClF2N3OS+. The Morgan fingerprint density at radius 3 is 2.38 bits per heavy atom. The summed E-state index contributed by atoms with van der Waals surface area (Å²) in [5.74, 6) is 0.0967. The van der Waals surface area contributed by atoms with Crippen molar-refractivity contribution in [3.8, 4) is 5.75 Å². The normalized spacial score (nSPS) is 12.1. The fraction of sp³-hybridized carbons (Fsp3) is 0.278. The van der Waals surface area contributed by atoms with Crippen LogP contribution in [0, 0.1) is 0 Å². The summed E-state index contributed by atoms with van der Waals surface area (Å²) in [6.45, 7) is -2.25. The molecular weight excluding hydrogens is 380 g/mol. The van der Waals surface area contributed by atoms with Crippen LogP contribution >= 0.6 is 23.8 Å². The van der Waals surface area contributed by atoms with Gasteiger partial charge < -0.3 is 20.3 Å². The minimum absolute atomic E-state index is 0.0967. The number of alkyl halides is 2. The first-order valence-electron chi connectivity index (χ1n) is 8.01. The lowest BCUT2D eigenvalue weighted by molar-refractivity contribution is -0.890. The molecule has 0 aliphatic rings. The summed E-state index contributed by atoms with van der Waals surface area (Å²) in [6.07, 6.45) is 0. The van der Waals surface area contributed by atoms with Crippen molar-refractivity contribution < 1.29 is 18.4 Å². The molecule has 2 rings (SSSR count). The quantitative estimate of drug-likeness (QED) is 0.624. The molecule has 0 saturated heterocycles. The number of halogens is 3. The Morgan fingerprint density at radius 1 is 1.15 bits per heavy atom. The van der Waals surface area contributed by atoms with Gasteiger partial charge in [-0.2, -0.15) is 8.78 Å². The average Bonchev–Trinajstić information content (AvgIpc) is 2.57. The van der Waals surface area contributed by atoms with Gasteiger partial charge in [-0.3, -0.25) is 0 Å². The van der Waals surface area contributed by atoms with Crippen LogP contribution in [0.2, 0.25) is 5.02 Å². The Kier molecular flexibility index (Phi) is 7.56. The van der Waals surface area contributed by atoms with Crippen LogP contribution < -0.4 is 20.3 Å². The number of benzene rings is 2. The monoisotopic (exact) mass is 400 g/mol. The number of anilines is 1. The van der Waals surface area contributed by atoms with Crippen molar-refractivity contribution in [2.24, 2.45) is 0 Å². The summed E-state index contributed by atoms with van der Waals surface area (Å²) in [7, 11) is 4.10. The maximum absolute atomic E-state index is 12.2. The number of hydrogen-bond acceptors (Lipinski definition) is 2. The predicted octanol–water partition coefficient (Wildman–Crippen LogP) is 3.11. The van der Waals surface area contributed by atoms with Crippen LogP contribution in [0.1, 0.15) is 11.6 Å². The second kappa shape index (κ2) is 9.66. The van der Waals surface area contributed by atoms with Crippen molar-refractivity contribution in [2.45, 2.75) is 12.7 Å². The highest BCUT2D eigenvalue weighted by Crippen LogP contribution is 2.20. The van der Waals surface area contributed by atoms with Gasteiger partial charge in [0.05, 0.1) is 20.6 Å². The zero-order chi connectivity index (χ0) is 19.1. The van der Waals surface area contributed by atoms with E-state index in [0.717, 1.165) is 5.56 Å². The lowest BCUT2D eigenvalue weighted by atomic mass is 10.1. The first-order chi connectivity index (χ1) is 12.4. The van der Waals surface area contributed by atoms with Gasteiger partial charge in [0.25, 0.3) is 0 Å². The van der Waals surface area contributed by atoms with Crippen molar-refractivity contribution in [1.29, 1.82) is 0 Å². The standard InChI is InChI=1S/C18H20ClF2N3OS/c1-24(2)16(14-5-3-4-6-15(14)19)11-22-18(26)23-12-7-9-13(10-8-12)25-17(20)21/h3-10,16-17H,11H2,1-2H3,(H2,22,23,26)/p+1/t16-/m1/s1. The number of quaternary nitrogens is 1. The fourth-order valence-corrected chi connectivity index (χ4v) is 2.94. The number of thiocarbonyl (C=S) groups is 1. The van der Waals surface area contributed by atoms with Crippen LogP contribution in [0.25, 0.3) is 0 Å². The van der Waals surface area contributed by atoms with Crippen molar-refractivity contribution >= 4 is 34.6 Å². The molecule has 0 spiro atoms. The van der Waals surface area contributed by atoms with Crippen molar-refractivity contribution in [3.63, 3.8) is 0 Å². The van der Waals surface area contributed by atoms with Gasteiger partial charge in [-0.1, -0.05) is 29.8 Å². The van der Waals surface area contributed by atoms with E-state index in [2.05, 4.69) is 15.4 Å². The third-order valence-corrected chi connectivity index (χ3v) is 4.37. The molecule has 1 atom stereocenters. The summed E-state index contributed by atoms with van der Waals surface area (Å²) in [5.41, 5.74) is 1.72. The van der Waals surface area contributed by atoms with E-state index in [0.29, 0.717) is 22.4 Å². The van der Waals surface area contributed by atoms with E-state index in [9.17, 15) is 8.78 Å². The molecule has 2 aromatic rings. The maximum atomic E-state index is 12.2. The zero-order valence-electron chi connectivity index (χ0n) is 14.4. The molecule has 0 bridgehead atoms. The van der Waals surface area contributed by atoms with Gasteiger partial charge in [-0.25, -0.2) is 0 Å². The molecule has 0 fully saturated rings. The Labute approximate surface area is 162 Å². The highest BCUT2D eigenvalue weighted by atomic mass is 35.5. The highest BCUT2D eigenvalue weighted by Gasteiger charge is 2.20. The molecule has 0 amide bonds. The Balaban J connectivity index is 1.93. The average molecular weight is 401 g/mol. The van der Waals surface area contributed by atoms with Gasteiger partial charge in [0, 0.05) is 16.3 Å². The predicted molar refractivity (Wildman–Crippen MR) is 104 cm³/mol. The first kappa shape index (κ1) is 20.4. The van der Waals surface area contributed by atoms with Crippen LogP contribution in [0.4, 0.5) is 14.5 Å². The van der Waals surface area contributed by atoms with Crippen LogP contribution in [-0.4, -0.2) is 32.4 Å². The largest absolute Gasteiger partial charge is 0.435 e. The first-order valence-corrected chi connectivity index (χ1v) is 8.79. The summed E-state index contributed by atoms with van der Waals surface area (Å²) < 4.78 is 28.6. The van der Waals surface area contributed by atoms with Gasteiger partial charge in [-0.15, -0.1) is 0 Å². The molecule has 2 aromatic carbocycles. The van der Waals surface area contributed by atoms with Gasteiger partial charge in [0.1, 0.15) is 11.8 Å². The summed E-state index contributed by atoms with van der Waals surface area (Å²) >= 11 is 11.6. The van der Waals surface area contributed by atoms with Crippen LogP contribution in [0.5, 0.6) is 5.75 Å². The van der Waals surface area contributed by atoms with E-state index in [1.807, 2.05) is 38.4 Å². The van der Waals surface area contributed by atoms with Gasteiger partial charge in [0.2, 0.25) is 0 Å². The minimum Gasteiger partial charge on any atom is -0.435 e. The van der Waals surface area contributed by atoms with E-state index >= 15 is 0 Å². The van der Waals surface area contributed by atoms with E-state index in [4.69, 9.17) is 23.8 Å². The second-order valence-corrected chi connectivity index (χ2v) is 6.70. The molecule has 4 nitrogen and oxygen atoms in total. The number of hydrogen-bond donors (Lipinski definition) is 3. The SMILES string of the molecule is C[NH+](C)[C@H](CNC(=S)Nc1ccc(OC(F)F)cc1)c1ccccc1Cl. The van der Waals surface area contributed by atoms with Gasteiger partial charge in [0.15, 0.2) is 5.11 Å². The van der Waals surface area contributed by atoms with E-state index < -0.39 is 6.61 Å². The number of nitrogens with one attached hydrogen (secondary N) is 3. The van der Waals surface area contributed by atoms with Gasteiger partial charge >= 0.3 is 6.61 Å². The van der Waals surface area contributed by atoms with Crippen molar-refractivity contribution in [1.82, 2.24) is 5.32 Å². The molecule has 0 aromatic heterocycles. The Bertz CT molecular complexity index is 729. The topological polar surface area (TPSA) is 37.7 Å². The molecule has 26 heavy (non-hydrogen) atoms. The molecule has 0 aliphatic carbocycles. The van der Waals surface area contributed by atoms with Crippen molar-refractivity contribution in [2.75, 3.05) is 26.0 Å². The Hall–Kier alpha value is -1.96. The Morgan fingerprint density at radius 2 is 1.81 bits per heavy atom. The molecule has 0 saturated carbocycles. The molecule has 0 unspecified atom stereocenters. The minimum atomic E-state index is -2.84. The third-order valence-electron chi connectivity index (χ3n) is 3.78. The van der Waals surface area contributed by atoms with Crippen molar-refractivity contribution in [3.05, 3.63) is 59.1 Å². The summed E-state index contributed by atoms with van der Waals surface area (Å²) in [5, 5.41) is 7.35. The summed E-state index contributed by atoms with van der Waals surface area (Å²) in [4.78, 5) is 1.21. The maximum Gasteiger partial charge on any atom is 0.387 e. The molecule has 0 aliphatic heterocycles. The molecule has 8 heteroatoms. The highest BCUT2D eigenvalue weighted by molar-refractivity contribution is 7.80. The molecule has 3 N–H and O–H groups in total. The van der Waals surface area contributed by atoms with E-state index in [1.165, 1.54) is 17.0 Å². The zero-order valence-corrected chi connectivity index (χ0v) is 16.0. The number of rotatable bonds is 7. The lowest BCUT2D eigenvalue weighted by Crippen LogP contribution is -3.07. The summed E-state index contributed by atoms with van der Waals surface area (Å²) in [6, 6.07) is 14.0. The smallest absolute Gasteiger partial charge is 0.387 e. The fourth-order valence-electron chi connectivity index (χ4n) is 2.47. The molecule has 0 heterocycles. The third kappa shape index (κ3) is 6.09. The van der Waals surface area contributed by atoms with Crippen LogP contribution in [0.3, 0.4) is 0 Å². The van der Waals surface area contributed by atoms with E-state index in [-0.39, 0.29) is 11.8 Å². The second-order valence-electron chi connectivity index (χ2n) is 5.89. The van der Waals surface area contributed by atoms with E-state index in [1.54, 1.807) is 12.1 Å². The lowest BCUT2D eigenvalue weighted by Gasteiger charge is -2.24. The molecule has 0 radical (unpaired) electrons.